The molecule has 1 aliphatic heterocycles. The highest BCUT2D eigenvalue weighted by molar-refractivity contribution is 7.87. The Morgan fingerprint density at radius 1 is 1.00 bits per heavy atom. The van der Waals surface area contributed by atoms with Crippen LogP contribution in [0.25, 0.3) is 0 Å². The van der Waals surface area contributed by atoms with Gasteiger partial charge in [0.2, 0.25) is 0 Å². The first-order valence-electron chi connectivity index (χ1n) is 8.81. The lowest BCUT2D eigenvalue weighted by molar-refractivity contribution is -0.134. The quantitative estimate of drug-likeness (QED) is 0.136. The molecule has 18 heteroatoms. The molecule has 0 radical (unpaired) electrons. The smallest absolute Gasteiger partial charge is 0.372 e. The van der Waals surface area contributed by atoms with E-state index in [-0.39, 0.29) is 6.61 Å². The second-order valence-corrected chi connectivity index (χ2v) is 11.8. The van der Waals surface area contributed by atoms with E-state index in [1.54, 1.807) is 6.92 Å². The van der Waals surface area contributed by atoms with Crippen molar-refractivity contribution in [2.24, 2.45) is 0 Å². The molecule has 0 unspecified atom stereocenters. The molecular weight excluding hydrogens is 496 g/mol. The van der Waals surface area contributed by atoms with E-state index in [2.05, 4.69) is 12.5 Å². The summed E-state index contributed by atoms with van der Waals surface area (Å²) in [5.74, 6) is 0. The Labute approximate surface area is 180 Å². The minimum atomic E-state index is -6.09. The fraction of sp³-hybridized carbons (Fsp3) is 1.00. The van der Waals surface area contributed by atoms with Gasteiger partial charge in [-0.2, -0.15) is 38.4 Å². The van der Waals surface area contributed by atoms with Crippen LogP contribution in [-0.4, -0.2) is 94.8 Å². The van der Waals surface area contributed by atoms with Crippen LogP contribution in [-0.2, 0) is 52.4 Å². The molecule has 0 aromatic heterocycles. The summed E-state index contributed by atoms with van der Waals surface area (Å²) in [6, 6.07) is -1.41. The molecule has 0 saturated carbocycles. The Morgan fingerprint density at radius 3 is 1.87 bits per heavy atom. The zero-order valence-corrected chi connectivity index (χ0v) is 19.6. The number of halogens is 3. The van der Waals surface area contributed by atoms with Crippen molar-refractivity contribution in [3.8, 4) is 0 Å². The van der Waals surface area contributed by atoms with Gasteiger partial charge in [0.1, 0.15) is 38.9 Å². The van der Waals surface area contributed by atoms with E-state index in [0.717, 1.165) is 7.85 Å². The molecule has 0 aromatic rings. The lowest BCUT2D eigenvalue weighted by Gasteiger charge is -2.34. The zero-order valence-electron chi connectivity index (χ0n) is 17.1. The summed E-state index contributed by atoms with van der Waals surface area (Å²) in [6.45, 7) is -0.211. The SMILES string of the molecule is B[C@@H]1OC(COS(C)(=O)=O)(COS(C)(=O)=O)[C@@H](OCCCC)[C@@H]1OS(=O)(=O)C(F)(F)F. The highest BCUT2D eigenvalue weighted by atomic mass is 32.2. The average Bonchev–Trinajstić information content (AvgIpc) is 2.82. The monoisotopic (exact) mass is 520 g/mol. The van der Waals surface area contributed by atoms with Crippen molar-refractivity contribution >= 4 is 38.2 Å². The summed E-state index contributed by atoms with van der Waals surface area (Å²) < 4.78 is 132. The molecule has 11 nitrogen and oxygen atoms in total. The van der Waals surface area contributed by atoms with Crippen LogP contribution >= 0.6 is 0 Å². The highest BCUT2D eigenvalue weighted by Gasteiger charge is 2.60. The van der Waals surface area contributed by atoms with Gasteiger partial charge in [0.15, 0.2) is 0 Å². The van der Waals surface area contributed by atoms with Crippen LogP contribution in [0.3, 0.4) is 0 Å². The predicted octanol–water partition coefficient (Wildman–Crippen LogP) is -0.913. The fourth-order valence-electron chi connectivity index (χ4n) is 2.67. The Bertz CT molecular complexity index is 882. The van der Waals surface area contributed by atoms with Gasteiger partial charge in [-0.1, -0.05) is 13.3 Å². The number of hydrogen-bond donors (Lipinski definition) is 0. The van der Waals surface area contributed by atoms with Gasteiger partial charge in [-0.25, -0.2) is 0 Å². The van der Waals surface area contributed by atoms with Crippen LogP contribution in [0, 0.1) is 0 Å². The molecule has 0 N–H and O–H groups in total. The van der Waals surface area contributed by atoms with E-state index in [1.807, 2.05) is 0 Å². The Morgan fingerprint density at radius 2 is 1.48 bits per heavy atom. The minimum absolute atomic E-state index is 0.108. The largest absolute Gasteiger partial charge is 0.523 e. The maximum Gasteiger partial charge on any atom is 0.523 e. The Hall–Kier alpha value is -0.495. The third-order valence-electron chi connectivity index (χ3n) is 4.05. The average molecular weight is 520 g/mol. The van der Waals surface area contributed by atoms with Crippen molar-refractivity contribution in [1.29, 1.82) is 0 Å². The van der Waals surface area contributed by atoms with Crippen molar-refractivity contribution < 1.29 is 60.4 Å². The molecule has 0 amide bonds. The molecule has 3 atom stereocenters. The van der Waals surface area contributed by atoms with Gasteiger partial charge in [-0.05, 0) is 6.42 Å². The van der Waals surface area contributed by atoms with E-state index in [9.17, 15) is 38.4 Å². The molecule has 184 valence electrons. The van der Waals surface area contributed by atoms with Gasteiger partial charge < -0.3 is 9.47 Å². The Balaban J connectivity index is 3.41. The van der Waals surface area contributed by atoms with Gasteiger partial charge in [0.05, 0.1) is 18.5 Å². The summed E-state index contributed by atoms with van der Waals surface area (Å²) in [4.78, 5) is 0. The fourth-order valence-corrected chi connectivity index (χ4v) is 4.15. The van der Waals surface area contributed by atoms with E-state index in [0.29, 0.717) is 25.4 Å². The van der Waals surface area contributed by atoms with Crippen LogP contribution < -0.4 is 0 Å². The van der Waals surface area contributed by atoms with Crippen LogP contribution in [0.1, 0.15) is 19.8 Å². The second-order valence-electron chi connectivity index (χ2n) is 6.93. The summed E-state index contributed by atoms with van der Waals surface area (Å²) in [5.41, 5.74) is -7.87. The first kappa shape index (κ1) is 28.5. The minimum Gasteiger partial charge on any atom is -0.372 e. The van der Waals surface area contributed by atoms with Crippen molar-refractivity contribution in [2.45, 2.75) is 49.1 Å². The lowest BCUT2D eigenvalue weighted by Crippen LogP contribution is -2.53. The standard InChI is InChI=1S/C13H24BF3O11S3/c1-4-5-6-24-10-9(28-31(22,23)13(15,16)17)11(14)27-12(10,7-25-29(2,18)19)8-26-30(3,20)21/h9-11H,4-8,14H2,1-3H3/t9-,10-,11+/m0/s1. The van der Waals surface area contributed by atoms with Gasteiger partial charge >= 0.3 is 15.6 Å². The topological polar surface area (TPSA) is 149 Å². The van der Waals surface area contributed by atoms with Crippen molar-refractivity contribution in [1.82, 2.24) is 0 Å². The molecule has 31 heavy (non-hydrogen) atoms. The van der Waals surface area contributed by atoms with Crippen molar-refractivity contribution in [2.75, 3.05) is 32.3 Å². The normalized spacial score (nSPS) is 25.0. The maximum atomic E-state index is 12.8. The molecule has 1 fully saturated rings. The van der Waals surface area contributed by atoms with Gasteiger partial charge in [0, 0.05) is 6.61 Å². The van der Waals surface area contributed by atoms with Crippen LogP contribution in [0.15, 0.2) is 0 Å². The zero-order chi connectivity index (χ0) is 24.3. The van der Waals surface area contributed by atoms with E-state index in [1.165, 1.54) is 0 Å². The summed E-state index contributed by atoms with van der Waals surface area (Å²) in [7, 11) is -13.2. The van der Waals surface area contributed by atoms with Gasteiger partial charge in [-0.3, -0.25) is 12.5 Å². The first-order valence-corrected chi connectivity index (χ1v) is 13.9. The molecule has 1 heterocycles. The molecular formula is C13H24BF3O11S3. The molecule has 1 saturated heterocycles. The number of unbranched alkanes of at least 4 members (excludes halogenated alkanes) is 1. The van der Waals surface area contributed by atoms with Crippen molar-refractivity contribution in [3.63, 3.8) is 0 Å². The van der Waals surface area contributed by atoms with Gasteiger partial charge in [-0.15, -0.1) is 0 Å². The molecule has 0 aromatic carbocycles. The highest BCUT2D eigenvalue weighted by Crippen LogP contribution is 2.38. The van der Waals surface area contributed by atoms with E-state index in [4.69, 9.17) is 9.47 Å². The van der Waals surface area contributed by atoms with Crippen LogP contribution in [0.4, 0.5) is 13.2 Å². The van der Waals surface area contributed by atoms with E-state index < -0.39 is 72.9 Å². The number of hydrogen-bond acceptors (Lipinski definition) is 11. The Kier molecular flexibility index (Phi) is 9.38. The number of ether oxygens (including phenoxy) is 2. The van der Waals surface area contributed by atoms with Crippen molar-refractivity contribution in [3.05, 3.63) is 0 Å². The molecule has 0 aliphatic carbocycles. The number of rotatable bonds is 12. The summed E-state index contributed by atoms with van der Waals surface area (Å²) in [5, 5.41) is 0. The van der Waals surface area contributed by atoms with E-state index >= 15 is 0 Å². The van der Waals surface area contributed by atoms with Gasteiger partial charge in [0.25, 0.3) is 20.2 Å². The summed E-state index contributed by atoms with van der Waals surface area (Å²) >= 11 is 0. The molecule has 1 aliphatic rings. The molecule has 1 rings (SSSR count). The second kappa shape index (κ2) is 10.2. The van der Waals surface area contributed by atoms with Crippen LogP contribution in [0.2, 0.25) is 0 Å². The number of alkyl halides is 3. The maximum absolute atomic E-state index is 12.8. The van der Waals surface area contributed by atoms with Crippen LogP contribution in [0.5, 0.6) is 0 Å². The first-order chi connectivity index (χ1) is 13.8. The molecule has 0 bridgehead atoms. The lowest BCUT2D eigenvalue weighted by atomic mass is 9.89. The summed E-state index contributed by atoms with van der Waals surface area (Å²) in [6.07, 6.45) is -1.27. The predicted molar refractivity (Wildman–Crippen MR) is 102 cm³/mol. The third kappa shape index (κ3) is 8.41. The third-order valence-corrected chi connectivity index (χ3v) is 6.19. The molecule has 0 spiro atoms.